The number of nitrogens with one attached hydrogen (secondary N) is 1. The largest absolute Gasteiger partial charge is 0.490 e. The monoisotopic (exact) mass is 265 g/mol. The molecule has 0 amide bonds. The first-order chi connectivity index (χ1) is 8.74. The van der Waals surface area contributed by atoms with Crippen LogP contribution >= 0.6 is 11.8 Å². The summed E-state index contributed by atoms with van der Waals surface area (Å²) >= 11 is 1.91. The Balaban J connectivity index is 2.08. The average molecular weight is 265 g/mol. The van der Waals surface area contributed by atoms with Gasteiger partial charge < -0.3 is 10.1 Å². The molecule has 3 heteroatoms. The van der Waals surface area contributed by atoms with E-state index in [0.29, 0.717) is 12.1 Å². The molecule has 100 valence electrons. The van der Waals surface area contributed by atoms with E-state index in [9.17, 15) is 0 Å². The van der Waals surface area contributed by atoms with E-state index in [4.69, 9.17) is 4.74 Å². The minimum Gasteiger partial charge on any atom is -0.490 e. The van der Waals surface area contributed by atoms with Crippen LogP contribution in [-0.4, -0.2) is 25.2 Å². The number of aryl methyl sites for hydroxylation is 1. The Bertz CT molecular complexity index is 394. The van der Waals surface area contributed by atoms with Gasteiger partial charge in [0, 0.05) is 18.0 Å². The standard InChI is InChI=1S/C15H23NOS/c1-11-6-7-15-13(9-11)14(16-2)10-12(17-15)5-4-8-18-3/h6-7,9,12,14,16H,4-5,8,10H2,1-3H3. The van der Waals surface area contributed by atoms with Gasteiger partial charge in [0.2, 0.25) is 0 Å². The molecule has 1 aromatic carbocycles. The first kappa shape index (κ1) is 13.8. The normalized spacial score (nSPS) is 22.4. The molecule has 18 heavy (non-hydrogen) atoms. The van der Waals surface area contributed by atoms with Crippen molar-refractivity contribution in [1.82, 2.24) is 5.32 Å². The lowest BCUT2D eigenvalue weighted by Gasteiger charge is -2.32. The summed E-state index contributed by atoms with van der Waals surface area (Å²) in [4.78, 5) is 0. The first-order valence-corrected chi connectivity index (χ1v) is 8.07. The van der Waals surface area contributed by atoms with Gasteiger partial charge in [-0.2, -0.15) is 11.8 Å². The lowest BCUT2D eigenvalue weighted by molar-refractivity contribution is 0.142. The third-order valence-corrected chi connectivity index (χ3v) is 4.25. The minimum atomic E-state index is 0.366. The molecular formula is C15H23NOS. The number of fused-ring (bicyclic) bond motifs is 1. The molecule has 1 N–H and O–H groups in total. The molecule has 1 heterocycles. The van der Waals surface area contributed by atoms with Crippen molar-refractivity contribution in [3.05, 3.63) is 29.3 Å². The van der Waals surface area contributed by atoms with E-state index in [1.807, 2.05) is 18.8 Å². The Hall–Kier alpha value is -0.670. The van der Waals surface area contributed by atoms with Crippen LogP contribution in [0.2, 0.25) is 0 Å². The summed E-state index contributed by atoms with van der Waals surface area (Å²) < 4.78 is 6.12. The Labute approximate surface area is 114 Å². The molecule has 0 spiro atoms. The number of benzene rings is 1. The summed E-state index contributed by atoms with van der Waals surface area (Å²) in [6.07, 6.45) is 6.01. The molecule has 2 unspecified atom stereocenters. The SMILES string of the molecule is CNC1CC(CCCSC)Oc2ccc(C)cc21. The molecular weight excluding hydrogens is 242 g/mol. The number of hydrogen-bond acceptors (Lipinski definition) is 3. The smallest absolute Gasteiger partial charge is 0.124 e. The number of rotatable bonds is 5. The van der Waals surface area contributed by atoms with Gasteiger partial charge in [0.1, 0.15) is 11.9 Å². The maximum absolute atomic E-state index is 6.12. The first-order valence-electron chi connectivity index (χ1n) is 6.68. The number of hydrogen-bond donors (Lipinski definition) is 1. The van der Waals surface area contributed by atoms with E-state index in [1.54, 1.807) is 0 Å². The summed E-state index contributed by atoms with van der Waals surface area (Å²) in [5.74, 6) is 2.30. The van der Waals surface area contributed by atoms with E-state index in [1.165, 1.54) is 23.3 Å². The van der Waals surface area contributed by atoms with Crippen LogP contribution in [0.25, 0.3) is 0 Å². The van der Waals surface area contributed by atoms with Crippen LogP contribution < -0.4 is 10.1 Å². The van der Waals surface area contributed by atoms with Crippen molar-refractivity contribution in [3.63, 3.8) is 0 Å². The summed E-state index contributed by atoms with van der Waals surface area (Å²) in [5, 5.41) is 3.42. The zero-order chi connectivity index (χ0) is 13.0. The maximum Gasteiger partial charge on any atom is 0.124 e. The molecule has 2 rings (SSSR count). The molecule has 0 aromatic heterocycles. The van der Waals surface area contributed by atoms with Crippen molar-refractivity contribution in [1.29, 1.82) is 0 Å². The second-order valence-electron chi connectivity index (χ2n) is 4.99. The van der Waals surface area contributed by atoms with E-state index in [-0.39, 0.29) is 0 Å². The molecule has 0 fully saturated rings. The molecule has 0 saturated heterocycles. The highest BCUT2D eigenvalue weighted by molar-refractivity contribution is 7.98. The third-order valence-electron chi connectivity index (χ3n) is 3.56. The van der Waals surface area contributed by atoms with Crippen molar-refractivity contribution >= 4 is 11.8 Å². The van der Waals surface area contributed by atoms with E-state index in [2.05, 4.69) is 36.7 Å². The lowest BCUT2D eigenvalue weighted by Crippen LogP contribution is -2.31. The summed E-state index contributed by atoms with van der Waals surface area (Å²) in [7, 11) is 2.04. The molecule has 1 aliphatic rings. The Morgan fingerprint density at radius 3 is 3.00 bits per heavy atom. The van der Waals surface area contributed by atoms with Crippen LogP contribution in [0.5, 0.6) is 5.75 Å². The average Bonchev–Trinajstić information content (AvgIpc) is 2.38. The quantitative estimate of drug-likeness (QED) is 0.823. The Kier molecular flexibility index (Phi) is 4.95. The van der Waals surface area contributed by atoms with Gasteiger partial charge in [-0.15, -0.1) is 0 Å². The van der Waals surface area contributed by atoms with Gasteiger partial charge >= 0.3 is 0 Å². The fraction of sp³-hybridized carbons (Fsp3) is 0.600. The highest BCUT2D eigenvalue weighted by Crippen LogP contribution is 2.36. The molecule has 1 aromatic rings. The predicted molar refractivity (Wildman–Crippen MR) is 79.6 cm³/mol. The molecule has 0 saturated carbocycles. The Morgan fingerprint density at radius 1 is 1.44 bits per heavy atom. The fourth-order valence-electron chi connectivity index (χ4n) is 2.57. The second-order valence-corrected chi connectivity index (χ2v) is 5.98. The molecule has 1 aliphatic heterocycles. The highest BCUT2D eigenvalue weighted by atomic mass is 32.2. The van der Waals surface area contributed by atoms with Crippen LogP contribution in [0, 0.1) is 6.92 Å². The van der Waals surface area contributed by atoms with Crippen molar-refractivity contribution in [2.75, 3.05) is 19.1 Å². The van der Waals surface area contributed by atoms with Gasteiger partial charge in [0.25, 0.3) is 0 Å². The number of ether oxygens (including phenoxy) is 1. The van der Waals surface area contributed by atoms with Crippen molar-refractivity contribution in [2.24, 2.45) is 0 Å². The van der Waals surface area contributed by atoms with E-state index < -0.39 is 0 Å². The Morgan fingerprint density at radius 2 is 2.28 bits per heavy atom. The predicted octanol–water partition coefficient (Wildman–Crippen LogP) is 3.55. The van der Waals surface area contributed by atoms with Crippen molar-refractivity contribution < 1.29 is 4.74 Å². The van der Waals surface area contributed by atoms with Crippen LogP contribution in [0.15, 0.2) is 18.2 Å². The molecule has 2 nitrogen and oxygen atoms in total. The van der Waals surface area contributed by atoms with Gasteiger partial charge in [-0.3, -0.25) is 0 Å². The lowest BCUT2D eigenvalue weighted by atomic mass is 9.93. The molecule has 0 radical (unpaired) electrons. The highest BCUT2D eigenvalue weighted by Gasteiger charge is 2.26. The van der Waals surface area contributed by atoms with E-state index in [0.717, 1.165) is 18.6 Å². The van der Waals surface area contributed by atoms with Crippen LogP contribution in [0.3, 0.4) is 0 Å². The zero-order valence-corrected chi connectivity index (χ0v) is 12.3. The van der Waals surface area contributed by atoms with Crippen LogP contribution in [0.1, 0.15) is 36.4 Å². The van der Waals surface area contributed by atoms with Gasteiger partial charge in [-0.1, -0.05) is 17.7 Å². The molecule has 2 atom stereocenters. The zero-order valence-electron chi connectivity index (χ0n) is 11.5. The topological polar surface area (TPSA) is 21.3 Å². The summed E-state index contributed by atoms with van der Waals surface area (Å²) in [6, 6.07) is 6.94. The number of thioether (sulfide) groups is 1. The van der Waals surface area contributed by atoms with Crippen LogP contribution in [-0.2, 0) is 0 Å². The summed E-state index contributed by atoms with van der Waals surface area (Å²) in [5.41, 5.74) is 2.62. The second kappa shape index (κ2) is 6.48. The fourth-order valence-corrected chi connectivity index (χ4v) is 3.03. The summed E-state index contributed by atoms with van der Waals surface area (Å²) in [6.45, 7) is 2.14. The van der Waals surface area contributed by atoms with Gasteiger partial charge in [0.05, 0.1) is 0 Å². The van der Waals surface area contributed by atoms with Gasteiger partial charge in [-0.25, -0.2) is 0 Å². The van der Waals surface area contributed by atoms with Gasteiger partial charge in [0.15, 0.2) is 0 Å². The minimum absolute atomic E-state index is 0.366. The molecule has 0 aliphatic carbocycles. The maximum atomic E-state index is 6.12. The third kappa shape index (κ3) is 3.21. The van der Waals surface area contributed by atoms with Crippen molar-refractivity contribution in [2.45, 2.75) is 38.3 Å². The van der Waals surface area contributed by atoms with Gasteiger partial charge in [-0.05, 0) is 44.9 Å². The molecule has 0 bridgehead atoms. The van der Waals surface area contributed by atoms with Crippen molar-refractivity contribution in [3.8, 4) is 5.75 Å². The van der Waals surface area contributed by atoms with E-state index >= 15 is 0 Å². The van der Waals surface area contributed by atoms with Crippen LogP contribution in [0.4, 0.5) is 0 Å².